The summed E-state index contributed by atoms with van der Waals surface area (Å²) in [6, 6.07) is 1.17. The minimum atomic E-state index is -1.70. The Morgan fingerprint density at radius 2 is 1.74 bits per heavy atom. The molecule has 0 heterocycles. The monoisotopic (exact) mass is 386 g/mol. The number of hydrogen-bond donors (Lipinski definition) is 2. The predicted molar refractivity (Wildman–Crippen MR) is 88.2 cm³/mol. The van der Waals surface area contributed by atoms with Crippen LogP contribution >= 0.6 is 0 Å². The first-order valence-corrected chi connectivity index (χ1v) is 8.09. The van der Waals surface area contributed by atoms with Crippen LogP contribution in [0, 0.1) is 17.6 Å². The fourth-order valence-corrected chi connectivity index (χ4v) is 2.25. The number of halogens is 2. The van der Waals surface area contributed by atoms with Crippen LogP contribution in [-0.4, -0.2) is 43.0 Å². The fraction of sp³-hybridized carbons (Fsp3) is 0.412. The fourth-order valence-electron chi connectivity index (χ4n) is 2.25. The third-order valence-electron chi connectivity index (χ3n) is 3.47. The van der Waals surface area contributed by atoms with Crippen molar-refractivity contribution in [1.82, 2.24) is 5.32 Å². The normalized spacial score (nSPS) is 12.6. The quantitative estimate of drug-likeness (QED) is 0.602. The Labute approximate surface area is 154 Å². The van der Waals surface area contributed by atoms with Crippen molar-refractivity contribution in [3.05, 3.63) is 35.4 Å². The standard InChI is InChI=1S/C17H20F2N2O6/c1-3-26-12(22)8-10(17(25)27-4-2)14(15(20)23)21-16(24)9-6-5-7-11(18)13(9)19/h5-7,10,14H,3-4,8H2,1-2H3,(H2,20,23)(H,21,24)/t10-,14-/m0/s1. The molecular formula is C17H20F2N2O6. The van der Waals surface area contributed by atoms with E-state index in [1.165, 1.54) is 13.8 Å². The molecule has 0 aromatic heterocycles. The molecule has 0 spiro atoms. The highest BCUT2D eigenvalue weighted by atomic mass is 19.2. The minimum Gasteiger partial charge on any atom is -0.466 e. The number of nitrogens with two attached hydrogens (primary N) is 1. The largest absolute Gasteiger partial charge is 0.466 e. The maximum absolute atomic E-state index is 13.8. The summed E-state index contributed by atoms with van der Waals surface area (Å²) >= 11 is 0. The zero-order valence-electron chi connectivity index (χ0n) is 14.8. The maximum Gasteiger partial charge on any atom is 0.312 e. The number of rotatable bonds is 9. The van der Waals surface area contributed by atoms with Gasteiger partial charge in [0.2, 0.25) is 5.91 Å². The number of carbonyl (C=O) groups is 4. The van der Waals surface area contributed by atoms with E-state index in [0.29, 0.717) is 0 Å². The number of ether oxygens (including phenoxy) is 2. The van der Waals surface area contributed by atoms with E-state index in [1.54, 1.807) is 0 Å². The highest BCUT2D eigenvalue weighted by Gasteiger charge is 2.37. The third kappa shape index (κ3) is 6.01. The van der Waals surface area contributed by atoms with Gasteiger partial charge in [0.25, 0.3) is 5.91 Å². The number of esters is 2. The first-order chi connectivity index (χ1) is 12.7. The summed E-state index contributed by atoms with van der Waals surface area (Å²) in [5.74, 6) is -8.36. The molecule has 0 radical (unpaired) electrons. The second kappa shape index (κ2) is 10.2. The van der Waals surface area contributed by atoms with Crippen LogP contribution in [-0.2, 0) is 23.9 Å². The summed E-state index contributed by atoms with van der Waals surface area (Å²) in [6.45, 7) is 3.00. The van der Waals surface area contributed by atoms with E-state index in [1.807, 2.05) is 0 Å². The smallest absolute Gasteiger partial charge is 0.312 e. The highest BCUT2D eigenvalue weighted by Crippen LogP contribution is 2.16. The summed E-state index contributed by atoms with van der Waals surface area (Å²) in [4.78, 5) is 47.9. The highest BCUT2D eigenvalue weighted by molar-refractivity contribution is 5.99. The van der Waals surface area contributed by atoms with Crippen LogP contribution in [0.25, 0.3) is 0 Å². The third-order valence-corrected chi connectivity index (χ3v) is 3.47. The van der Waals surface area contributed by atoms with Gasteiger partial charge in [-0.15, -0.1) is 0 Å². The Balaban J connectivity index is 3.14. The lowest BCUT2D eigenvalue weighted by Crippen LogP contribution is -2.52. The molecular weight excluding hydrogens is 366 g/mol. The van der Waals surface area contributed by atoms with Crippen LogP contribution in [0.2, 0.25) is 0 Å². The molecule has 0 saturated carbocycles. The topological polar surface area (TPSA) is 125 Å². The van der Waals surface area contributed by atoms with Crippen molar-refractivity contribution in [2.75, 3.05) is 13.2 Å². The van der Waals surface area contributed by atoms with Gasteiger partial charge in [-0.3, -0.25) is 19.2 Å². The predicted octanol–water partition coefficient (Wildman–Crippen LogP) is 0.681. The number of amides is 2. The Bertz CT molecular complexity index is 725. The van der Waals surface area contributed by atoms with Crippen molar-refractivity contribution in [2.24, 2.45) is 11.7 Å². The van der Waals surface area contributed by atoms with Crippen LogP contribution in [0.15, 0.2) is 18.2 Å². The molecule has 0 bridgehead atoms. The molecule has 8 nitrogen and oxygen atoms in total. The van der Waals surface area contributed by atoms with Crippen LogP contribution in [0.3, 0.4) is 0 Å². The van der Waals surface area contributed by atoms with Gasteiger partial charge in [0, 0.05) is 0 Å². The lowest BCUT2D eigenvalue weighted by molar-refractivity contribution is -0.156. The lowest BCUT2D eigenvalue weighted by Gasteiger charge is -2.23. The van der Waals surface area contributed by atoms with Gasteiger partial charge in [-0.2, -0.15) is 0 Å². The number of carbonyl (C=O) groups excluding carboxylic acids is 4. The molecule has 0 saturated heterocycles. The second-order valence-electron chi connectivity index (χ2n) is 5.32. The molecule has 0 aliphatic carbocycles. The van der Waals surface area contributed by atoms with Crippen LogP contribution in [0.1, 0.15) is 30.6 Å². The second-order valence-corrected chi connectivity index (χ2v) is 5.32. The van der Waals surface area contributed by atoms with Gasteiger partial charge in [-0.05, 0) is 26.0 Å². The molecule has 0 fully saturated rings. The first-order valence-electron chi connectivity index (χ1n) is 8.09. The Morgan fingerprint density at radius 1 is 1.11 bits per heavy atom. The van der Waals surface area contributed by atoms with Crippen LogP contribution in [0.4, 0.5) is 8.78 Å². The van der Waals surface area contributed by atoms with Gasteiger partial charge in [0.15, 0.2) is 11.6 Å². The average molecular weight is 386 g/mol. The summed E-state index contributed by atoms with van der Waals surface area (Å²) in [5, 5.41) is 2.06. The van der Waals surface area contributed by atoms with Crippen molar-refractivity contribution in [3.63, 3.8) is 0 Å². The molecule has 0 unspecified atom stereocenters. The van der Waals surface area contributed by atoms with E-state index >= 15 is 0 Å². The van der Waals surface area contributed by atoms with E-state index in [0.717, 1.165) is 18.2 Å². The van der Waals surface area contributed by atoms with E-state index in [9.17, 15) is 28.0 Å². The van der Waals surface area contributed by atoms with Gasteiger partial charge >= 0.3 is 11.9 Å². The van der Waals surface area contributed by atoms with Crippen molar-refractivity contribution in [2.45, 2.75) is 26.3 Å². The van der Waals surface area contributed by atoms with Crippen molar-refractivity contribution in [3.8, 4) is 0 Å². The van der Waals surface area contributed by atoms with E-state index in [4.69, 9.17) is 15.2 Å². The van der Waals surface area contributed by atoms with E-state index in [-0.39, 0.29) is 13.2 Å². The van der Waals surface area contributed by atoms with Crippen LogP contribution in [0.5, 0.6) is 0 Å². The summed E-state index contributed by atoms with van der Waals surface area (Å²) in [7, 11) is 0. The van der Waals surface area contributed by atoms with Gasteiger partial charge in [0.1, 0.15) is 6.04 Å². The zero-order valence-corrected chi connectivity index (χ0v) is 14.8. The SMILES string of the molecule is CCOC(=O)C[C@H](C(=O)OCC)[C@H](NC(=O)c1cccc(F)c1F)C(N)=O. The van der Waals surface area contributed by atoms with Gasteiger partial charge in [0.05, 0.1) is 31.1 Å². The molecule has 1 aromatic rings. The van der Waals surface area contributed by atoms with Crippen LogP contribution < -0.4 is 11.1 Å². The first kappa shape index (κ1) is 22.0. The summed E-state index contributed by atoms with van der Waals surface area (Å²) in [5.41, 5.74) is 4.54. The lowest BCUT2D eigenvalue weighted by atomic mass is 9.95. The number of primary amides is 1. The molecule has 2 atom stereocenters. The zero-order chi connectivity index (χ0) is 20.6. The molecule has 2 amide bonds. The number of hydrogen-bond acceptors (Lipinski definition) is 6. The molecule has 0 aliphatic rings. The van der Waals surface area contributed by atoms with E-state index in [2.05, 4.69) is 5.32 Å². The Kier molecular flexibility index (Phi) is 8.31. The Hall–Kier alpha value is -3.04. The molecule has 0 aliphatic heterocycles. The Morgan fingerprint density at radius 3 is 2.30 bits per heavy atom. The van der Waals surface area contributed by atoms with Crippen molar-refractivity contribution in [1.29, 1.82) is 0 Å². The molecule has 1 aromatic carbocycles. The summed E-state index contributed by atoms with van der Waals surface area (Å²) < 4.78 is 36.6. The van der Waals surface area contributed by atoms with Crippen molar-refractivity contribution >= 4 is 23.8 Å². The molecule has 3 N–H and O–H groups in total. The molecule has 1 rings (SSSR count). The number of benzene rings is 1. The van der Waals surface area contributed by atoms with Gasteiger partial charge in [-0.25, -0.2) is 8.78 Å². The maximum atomic E-state index is 13.8. The average Bonchev–Trinajstić information content (AvgIpc) is 2.60. The van der Waals surface area contributed by atoms with Crippen molar-refractivity contribution < 1.29 is 37.4 Å². The molecule has 148 valence electrons. The molecule has 10 heteroatoms. The van der Waals surface area contributed by atoms with Gasteiger partial charge < -0.3 is 20.5 Å². The minimum absolute atomic E-state index is 0.0243. The van der Waals surface area contributed by atoms with E-state index < -0.39 is 59.3 Å². The summed E-state index contributed by atoms with van der Waals surface area (Å²) in [6.07, 6.45) is -0.605. The number of nitrogens with one attached hydrogen (secondary N) is 1. The van der Waals surface area contributed by atoms with Gasteiger partial charge in [-0.1, -0.05) is 6.07 Å². The molecule has 27 heavy (non-hydrogen) atoms.